The molecule has 6 N–H and O–H groups in total. The predicted molar refractivity (Wildman–Crippen MR) is 350 cm³/mol. The van der Waals surface area contributed by atoms with Crippen LogP contribution in [0.5, 0.6) is 0 Å². The molecule has 7 atom stereocenters. The number of amides is 1. The average molecular weight is 1160 g/mol. The molecule has 9 nitrogen and oxygen atoms in total. The number of aliphatic hydroxyl groups is 5. The SMILES string of the molecule is CCCCCCC/C=C\C/C=C\C/C=C\CCCCCCCCCCCCCCCCCCCCCCC(=O)NC(COC1OC(CO)C(O)C(O)C1O)C(O)CCCCCCCCCCCCCCCCCCCCCCCCCC. The highest BCUT2D eigenvalue weighted by molar-refractivity contribution is 5.76. The molecular formula is C73H139NO8. The average Bonchev–Trinajstić information content (AvgIpc) is 3.52. The van der Waals surface area contributed by atoms with Gasteiger partial charge in [-0.3, -0.25) is 4.79 Å². The van der Waals surface area contributed by atoms with Gasteiger partial charge in [-0.1, -0.05) is 346 Å². The number of aliphatic hydroxyl groups excluding tert-OH is 5. The number of hydrogen-bond donors (Lipinski definition) is 6. The summed E-state index contributed by atoms with van der Waals surface area (Å²) in [6, 6.07) is -0.719. The Morgan fingerprint density at radius 2 is 0.720 bits per heavy atom. The molecule has 1 saturated heterocycles. The van der Waals surface area contributed by atoms with E-state index in [0.717, 1.165) is 51.4 Å². The Morgan fingerprint density at radius 1 is 0.415 bits per heavy atom. The maximum Gasteiger partial charge on any atom is 0.220 e. The van der Waals surface area contributed by atoms with E-state index in [1.54, 1.807) is 0 Å². The first-order valence-corrected chi connectivity index (χ1v) is 36.2. The number of hydrogen-bond acceptors (Lipinski definition) is 8. The third kappa shape index (κ3) is 50.6. The van der Waals surface area contributed by atoms with Gasteiger partial charge in [0.15, 0.2) is 6.29 Å². The first kappa shape index (κ1) is 78.4. The topological polar surface area (TPSA) is 149 Å². The van der Waals surface area contributed by atoms with Crippen LogP contribution in [0.15, 0.2) is 36.5 Å². The summed E-state index contributed by atoms with van der Waals surface area (Å²) in [6.07, 6.45) is 76.5. The summed E-state index contributed by atoms with van der Waals surface area (Å²) in [5.41, 5.74) is 0. The summed E-state index contributed by atoms with van der Waals surface area (Å²) in [7, 11) is 0. The van der Waals surface area contributed by atoms with Gasteiger partial charge in [0, 0.05) is 6.42 Å². The lowest BCUT2D eigenvalue weighted by molar-refractivity contribution is -0.302. The Kier molecular flexibility index (Phi) is 59.7. The monoisotopic (exact) mass is 1160 g/mol. The van der Waals surface area contributed by atoms with Crippen LogP contribution in [0, 0.1) is 0 Å². The first-order chi connectivity index (χ1) is 40.3. The first-order valence-electron chi connectivity index (χ1n) is 36.2. The van der Waals surface area contributed by atoms with Crippen molar-refractivity contribution in [3.63, 3.8) is 0 Å². The van der Waals surface area contributed by atoms with Crippen molar-refractivity contribution in [3.8, 4) is 0 Å². The van der Waals surface area contributed by atoms with Crippen molar-refractivity contribution in [1.82, 2.24) is 5.32 Å². The molecule has 82 heavy (non-hydrogen) atoms. The molecular weight excluding hydrogens is 1020 g/mol. The fourth-order valence-electron chi connectivity index (χ4n) is 11.8. The number of carbonyl (C=O) groups is 1. The zero-order valence-corrected chi connectivity index (χ0v) is 54.3. The van der Waals surface area contributed by atoms with E-state index in [-0.39, 0.29) is 12.5 Å². The molecule has 1 amide bonds. The fourth-order valence-corrected chi connectivity index (χ4v) is 11.8. The second-order valence-corrected chi connectivity index (χ2v) is 25.4. The van der Waals surface area contributed by atoms with Gasteiger partial charge in [0.1, 0.15) is 24.4 Å². The Morgan fingerprint density at radius 3 is 1.06 bits per heavy atom. The summed E-state index contributed by atoms with van der Waals surface area (Å²) in [5.74, 6) is -0.136. The Labute approximate surface area is 508 Å². The van der Waals surface area contributed by atoms with Crippen molar-refractivity contribution >= 4 is 5.91 Å². The molecule has 1 fully saturated rings. The van der Waals surface area contributed by atoms with Gasteiger partial charge >= 0.3 is 0 Å². The molecule has 0 spiro atoms. The maximum atomic E-state index is 13.2. The molecule has 0 aliphatic carbocycles. The highest BCUT2D eigenvalue weighted by Crippen LogP contribution is 2.24. The van der Waals surface area contributed by atoms with Crippen LogP contribution in [0.25, 0.3) is 0 Å². The normalized spacial score (nSPS) is 18.5. The third-order valence-corrected chi connectivity index (χ3v) is 17.5. The minimum atomic E-state index is -1.55. The van der Waals surface area contributed by atoms with Crippen molar-refractivity contribution in [2.75, 3.05) is 13.2 Å². The standard InChI is InChI=1S/C73H139NO8/c1-3-5-7-9-11-13-15-17-19-21-23-25-27-29-30-31-32-33-34-35-36-37-38-39-41-43-45-47-49-51-53-55-57-59-61-63-69(77)74-66(65-81-73-72(80)71(79)70(78)68(64-75)82-73)67(76)62-60-58-56-54-52-50-48-46-44-42-40-28-26-24-22-20-18-16-14-12-10-8-6-4-2/h15,17,21,23,27,29,66-68,70-73,75-76,78-80H,3-14,16,18-20,22,24-26,28,30-65H2,1-2H3,(H,74,77)/b17-15-,23-21-,29-27-. The van der Waals surface area contributed by atoms with E-state index in [0.29, 0.717) is 12.8 Å². The van der Waals surface area contributed by atoms with E-state index < -0.39 is 49.5 Å². The largest absolute Gasteiger partial charge is 0.394 e. The highest BCUT2D eigenvalue weighted by Gasteiger charge is 2.44. The highest BCUT2D eigenvalue weighted by atomic mass is 16.7. The maximum absolute atomic E-state index is 13.2. The number of nitrogens with one attached hydrogen (secondary N) is 1. The van der Waals surface area contributed by atoms with E-state index in [4.69, 9.17) is 9.47 Å². The quantitative estimate of drug-likeness (QED) is 0.0261. The summed E-state index contributed by atoms with van der Waals surface area (Å²) in [6.45, 7) is 3.88. The molecule has 0 radical (unpaired) electrons. The van der Waals surface area contributed by atoms with E-state index >= 15 is 0 Å². The molecule has 1 heterocycles. The van der Waals surface area contributed by atoms with Crippen LogP contribution in [-0.4, -0.2) is 87.5 Å². The van der Waals surface area contributed by atoms with Gasteiger partial charge in [0.2, 0.25) is 5.91 Å². The van der Waals surface area contributed by atoms with Crippen LogP contribution in [0.2, 0.25) is 0 Å². The van der Waals surface area contributed by atoms with E-state index in [1.807, 2.05) is 0 Å². The summed E-state index contributed by atoms with van der Waals surface area (Å²) in [5, 5.41) is 55.0. The molecule has 1 aliphatic heterocycles. The van der Waals surface area contributed by atoms with Crippen LogP contribution in [-0.2, 0) is 14.3 Å². The zero-order chi connectivity index (χ0) is 59.3. The van der Waals surface area contributed by atoms with Gasteiger partial charge in [0.25, 0.3) is 0 Å². The van der Waals surface area contributed by atoms with Gasteiger partial charge in [-0.25, -0.2) is 0 Å². The number of ether oxygens (including phenoxy) is 2. The summed E-state index contributed by atoms with van der Waals surface area (Å²) >= 11 is 0. The Balaban J connectivity index is 2.08. The summed E-state index contributed by atoms with van der Waals surface area (Å²) < 4.78 is 11.4. The lowest BCUT2D eigenvalue weighted by atomic mass is 9.99. The third-order valence-electron chi connectivity index (χ3n) is 17.5. The lowest BCUT2D eigenvalue weighted by Gasteiger charge is -2.40. The molecule has 7 unspecified atom stereocenters. The van der Waals surface area contributed by atoms with E-state index in [9.17, 15) is 30.3 Å². The van der Waals surface area contributed by atoms with E-state index in [1.165, 1.54) is 289 Å². The molecule has 0 bridgehead atoms. The zero-order valence-electron chi connectivity index (χ0n) is 54.3. The van der Waals surface area contributed by atoms with Crippen molar-refractivity contribution in [2.45, 2.75) is 410 Å². The Bertz CT molecular complexity index is 1390. The molecule has 1 aliphatic rings. The number of allylic oxidation sites excluding steroid dienone is 6. The smallest absolute Gasteiger partial charge is 0.220 e. The molecule has 0 aromatic heterocycles. The second kappa shape index (κ2) is 62.5. The van der Waals surface area contributed by atoms with Gasteiger partial charge in [-0.05, 0) is 51.4 Å². The van der Waals surface area contributed by atoms with Crippen LogP contribution in [0.3, 0.4) is 0 Å². The Hall–Kier alpha value is -1.59. The summed E-state index contributed by atoms with van der Waals surface area (Å²) in [4.78, 5) is 13.2. The number of unbranched alkanes of at least 4 members (excludes halogenated alkanes) is 48. The van der Waals surface area contributed by atoms with Crippen molar-refractivity contribution in [2.24, 2.45) is 0 Å². The molecule has 9 heteroatoms. The van der Waals surface area contributed by atoms with Gasteiger partial charge in [0.05, 0.1) is 25.4 Å². The van der Waals surface area contributed by atoms with Crippen LogP contribution >= 0.6 is 0 Å². The van der Waals surface area contributed by atoms with Crippen LogP contribution < -0.4 is 5.32 Å². The second-order valence-electron chi connectivity index (χ2n) is 25.4. The predicted octanol–water partition coefficient (Wildman–Crippen LogP) is 19.8. The van der Waals surface area contributed by atoms with Crippen molar-refractivity contribution in [1.29, 1.82) is 0 Å². The van der Waals surface area contributed by atoms with Gasteiger partial charge < -0.3 is 40.3 Å². The van der Waals surface area contributed by atoms with Gasteiger partial charge in [-0.15, -0.1) is 0 Å². The minimum absolute atomic E-state index is 0.134. The molecule has 0 saturated carbocycles. The van der Waals surface area contributed by atoms with Crippen molar-refractivity contribution < 1.29 is 39.8 Å². The van der Waals surface area contributed by atoms with Crippen LogP contribution in [0.4, 0.5) is 0 Å². The number of carbonyl (C=O) groups excluding carboxylic acids is 1. The number of rotatable bonds is 64. The minimum Gasteiger partial charge on any atom is -0.394 e. The van der Waals surface area contributed by atoms with Crippen LogP contribution in [0.1, 0.15) is 367 Å². The fraction of sp³-hybridized carbons (Fsp3) is 0.904. The van der Waals surface area contributed by atoms with Crippen molar-refractivity contribution in [3.05, 3.63) is 36.5 Å². The molecule has 0 aromatic rings. The van der Waals surface area contributed by atoms with Gasteiger partial charge in [-0.2, -0.15) is 0 Å². The molecule has 484 valence electrons. The van der Waals surface area contributed by atoms with E-state index in [2.05, 4.69) is 55.6 Å². The molecule has 0 aromatic carbocycles. The lowest BCUT2D eigenvalue weighted by Crippen LogP contribution is -2.60. The molecule has 1 rings (SSSR count).